The van der Waals surface area contributed by atoms with Crippen molar-refractivity contribution in [3.8, 4) is 0 Å². The van der Waals surface area contributed by atoms with E-state index < -0.39 is 6.10 Å². The molecule has 0 aliphatic carbocycles. The van der Waals surface area contributed by atoms with E-state index in [-0.39, 0.29) is 11.9 Å². The Morgan fingerprint density at radius 3 is 2.69 bits per heavy atom. The lowest BCUT2D eigenvalue weighted by Gasteiger charge is -2.14. The molecule has 2 unspecified atom stereocenters. The summed E-state index contributed by atoms with van der Waals surface area (Å²) in [5, 5.41) is 11.9. The monoisotopic (exact) mass is 225 g/mol. The Bertz CT molecular complexity index is 344. The van der Waals surface area contributed by atoms with E-state index in [1.807, 2.05) is 13.8 Å². The zero-order valence-electron chi connectivity index (χ0n) is 9.99. The lowest BCUT2D eigenvalue weighted by atomic mass is 10.1. The van der Waals surface area contributed by atoms with Crippen molar-refractivity contribution in [3.05, 3.63) is 23.7 Å². The third-order valence-corrected chi connectivity index (χ3v) is 2.31. The summed E-state index contributed by atoms with van der Waals surface area (Å²) in [6, 6.07) is 3.40. The van der Waals surface area contributed by atoms with Crippen LogP contribution in [-0.2, 0) is 6.42 Å². The van der Waals surface area contributed by atoms with Crippen LogP contribution >= 0.6 is 0 Å². The fourth-order valence-electron chi connectivity index (χ4n) is 1.56. The van der Waals surface area contributed by atoms with Crippen molar-refractivity contribution < 1.29 is 14.3 Å². The number of amides is 1. The van der Waals surface area contributed by atoms with Gasteiger partial charge in [0.2, 0.25) is 0 Å². The van der Waals surface area contributed by atoms with Crippen molar-refractivity contribution in [1.29, 1.82) is 0 Å². The predicted molar refractivity (Wildman–Crippen MR) is 61.3 cm³/mol. The molecule has 16 heavy (non-hydrogen) atoms. The molecule has 0 radical (unpaired) electrons. The average Bonchev–Trinajstić information content (AvgIpc) is 2.64. The SMILES string of the molecule is CCc1ccc(C(=O)NC(C)CC(C)O)o1. The Morgan fingerprint density at radius 1 is 1.50 bits per heavy atom. The van der Waals surface area contributed by atoms with E-state index in [0.717, 1.165) is 12.2 Å². The molecular weight excluding hydrogens is 206 g/mol. The molecule has 2 N–H and O–H groups in total. The molecule has 1 heterocycles. The third kappa shape index (κ3) is 3.70. The van der Waals surface area contributed by atoms with Gasteiger partial charge in [-0.05, 0) is 32.4 Å². The molecule has 0 fully saturated rings. The van der Waals surface area contributed by atoms with Crippen molar-refractivity contribution in [3.63, 3.8) is 0 Å². The number of carbonyl (C=O) groups is 1. The molecule has 0 spiro atoms. The smallest absolute Gasteiger partial charge is 0.287 e. The molecule has 90 valence electrons. The highest BCUT2D eigenvalue weighted by Gasteiger charge is 2.14. The molecule has 2 atom stereocenters. The van der Waals surface area contributed by atoms with Crippen LogP contribution in [-0.4, -0.2) is 23.2 Å². The minimum absolute atomic E-state index is 0.0670. The van der Waals surface area contributed by atoms with E-state index in [1.165, 1.54) is 0 Å². The van der Waals surface area contributed by atoms with Gasteiger partial charge in [-0.3, -0.25) is 4.79 Å². The number of hydrogen-bond acceptors (Lipinski definition) is 3. The van der Waals surface area contributed by atoms with Crippen LogP contribution < -0.4 is 5.32 Å². The quantitative estimate of drug-likeness (QED) is 0.802. The number of aliphatic hydroxyl groups is 1. The van der Waals surface area contributed by atoms with Gasteiger partial charge in [0, 0.05) is 12.5 Å². The zero-order valence-corrected chi connectivity index (χ0v) is 9.99. The van der Waals surface area contributed by atoms with Crippen molar-refractivity contribution in [2.24, 2.45) is 0 Å². The summed E-state index contributed by atoms with van der Waals surface area (Å²) in [5.41, 5.74) is 0. The molecule has 1 rings (SSSR count). The maximum Gasteiger partial charge on any atom is 0.287 e. The van der Waals surface area contributed by atoms with Crippen molar-refractivity contribution in [2.45, 2.75) is 45.8 Å². The first-order valence-electron chi connectivity index (χ1n) is 5.60. The first-order chi connectivity index (χ1) is 7.52. The van der Waals surface area contributed by atoms with Crippen molar-refractivity contribution in [2.75, 3.05) is 0 Å². The second-order valence-corrected chi connectivity index (χ2v) is 4.08. The lowest BCUT2D eigenvalue weighted by molar-refractivity contribution is 0.0893. The van der Waals surface area contributed by atoms with E-state index in [0.29, 0.717) is 12.2 Å². The number of aryl methyl sites for hydroxylation is 1. The van der Waals surface area contributed by atoms with E-state index >= 15 is 0 Å². The highest BCUT2D eigenvalue weighted by molar-refractivity contribution is 5.91. The Morgan fingerprint density at radius 2 is 2.19 bits per heavy atom. The van der Waals surface area contributed by atoms with E-state index in [2.05, 4.69) is 5.32 Å². The minimum atomic E-state index is -0.418. The number of aliphatic hydroxyl groups excluding tert-OH is 1. The van der Waals surface area contributed by atoms with Gasteiger partial charge in [-0.1, -0.05) is 6.92 Å². The van der Waals surface area contributed by atoms with Gasteiger partial charge in [-0.25, -0.2) is 0 Å². The first-order valence-corrected chi connectivity index (χ1v) is 5.60. The van der Waals surface area contributed by atoms with E-state index in [9.17, 15) is 9.90 Å². The van der Waals surface area contributed by atoms with Crippen LogP contribution in [0.4, 0.5) is 0 Å². The second-order valence-electron chi connectivity index (χ2n) is 4.08. The first kappa shape index (κ1) is 12.8. The summed E-state index contributed by atoms with van der Waals surface area (Å²) >= 11 is 0. The molecule has 0 aromatic carbocycles. The molecule has 1 aromatic heterocycles. The van der Waals surface area contributed by atoms with Gasteiger partial charge in [-0.2, -0.15) is 0 Å². The molecule has 0 aliphatic heterocycles. The third-order valence-electron chi connectivity index (χ3n) is 2.31. The Balaban J connectivity index is 2.51. The van der Waals surface area contributed by atoms with Gasteiger partial charge in [0.1, 0.15) is 5.76 Å². The van der Waals surface area contributed by atoms with Crippen LogP contribution in [0.1, 0.15) is 43.5 Å². The summed E-state index contributed by atoms with van der Waals surface area (Å²) in [6.07, 6.45) is 0.891. The van der Waals surface area contributed by atoms with Gasteiger partial charge in [0.15, 0.2) is 5.76 Å². The van der Waals surface area contributed by atoms with Gasteiger partial charge < -0.3 is 14.8 Å². The van der Waals surface area contributed by atoms with Crippen molar-refractivity contribution in [1.82, 2.24) is 5.32 Å². The number of rotatable bonds is 5. The molecule has 0 saturated heterocycles. The summed E-state index contributed by atoms with van der Waals surface area (Å²) in [5.74, 6) is 0.899. The van der Waals surface area contributed by atoms with Gasteiger partial charge in [0.25, 0.3) is 5.91 Å². The fourth-order valence-corrected chi connectivity index (χ4v) is 1.56. The highest BCUT2D eigenvalue weighted by Crippen LogP contribution is 2.09. The molecule has 1 aromatic rings. The maximum absolute atomic E-state index is 11.7. The Labute approximate surface area is 95.7 Å². The highest BCUT2D eigenvalue weighted by atomic mass is 16.3. The Hall–Kier alpha value is -1.29. The van der Waals surface area contributed by atoms with E-state index in [1.54, 1.807) is 19.1 Å². The number of nitrogens with one attached hydrogen (secondary N) is 1. The molecule has 0 bridgehead atoms. The molecular formula is C12H19NO3. The average molecular weight is 225 g/mol. The van der Waals surface area contributed by atoms with Crippen LogP contribution in [0.5, 0.6) is 0 Å². The second kappa shape index (κ2) is 5.70. The number of carbonyl (C=O) groups excluding carboxylic acids is 1. The van der Waals surface area contributed by atoms with Crippen LogP contribution in [0.2, 0.25) is 0 Å². The minimum Gasteiger partial charge on any atom is -0.456 e. The molecule has 0 aliphatic rings. The van der Waals surface area contributed by atoms with Crippen LogP contribution in [0.15, 0.2) is 16.5 Å². The van der Waals surface area contributed by atoms with Crippen LogP contribution in [0, 0.1) is 0 Å². The standard InChI is InChI=1S/C12H19NO3/c1-4-10-5-6-11(16-10)12(15)13-8(2)7-9(3)14/h5-6,8-9,14H,4,7H2,1-3H3,(H,13,15). The number of furan rings is 1. The molecule has 1 amide bonds. The summed E-state index contributed by atoms with van der Waals surface area (Å²) in [7, 11) is 0. The maximum atomic E-state index is 11.7. The molecule has 4 nitrogen and oxygen atoms in total. The fraction of sp³-hybridized carbons (Fsp3) is 0.583. The van der Waals surface area contributed by atoms with E-state index in [4.69, 9.17) is 4.42 Å². The summed E-state index contributed by atoms with van der Waals surface area (Å²) < 4.78 is 5.33. The van der Waals surface area contributed by atoms with Crippen LogP contribution in [0.3, 0.4) is 0 Å². The molecule has 0 saturated carbocycles. The normalized spacial score (nSPS) is 14.5. The lowest BCUT2D eigenvalue weighted by Crippen LogP contribution is -2.34. The van der Waals surface area contributed by atoms with Gasteiger partial charge in [0.05, 0.1) is 6.10 Å². The van der Waals surface area contributed by atoms with Gasteiger partial charge >= 0.3 is 0 Å². The summed E-state index contributed by atoms with van der Waals surface area (Å²) in [6.45, 7) is 5.52. The number of hydrogen-bond donors (Lipinski definition) is 2. The topological polar surface area (TPSA) is 62.5 Å². The predicted octanol–water partition coefficient (Wildman–Crippen LogP) is 1.73. The molecule has 4 heteroatoms. The Kier molecular flexibility index (Phi) is 4.55. The summed E-state index contributed by atoms with van der Waals surface area (Å²) in [4.78, 5) is 11.7. The van der Waals surface area contributed by atoms with Crippen LogP contribution in [0.25, 0.3) is 0 Å². The zero-order chi connectivity index (χ0) is 12.1. The van der Waals surface area contributed by atoms with Crippen molar-refractivity contribution >= 4 is 5.91 Å². The van der Waals surface area contributed by atoms with Gasteiger partial charge in [-0.15, -0.1) is 0 Å². The largest absolute Gasteiger partial charge is 0.456 e.